The molecular weight excluding hydrogens is 436 g/mol. The maximum absolute atomic E-state index is 4.41. The van der Waals surface area contributed by atoms with Crippen molar-refractivity contribution in [2.24, 2.45) is 17.3 Å². The van der Waals surface area contributed by atoms with Crippen LogP contribution in [0.25, 0.3) is 0 Å². The number of aromatic nitrogens is 3. The fourth-order valence-electron chi connectivity index (χ4n) is 2.88. The van der Waals surface area contributed by atoms with E-state index in [-0.39, 0.29) is 17.0 Å². The maximum atomic E-state index is 4.41. The molecule has 2 heterocycles. The summed E-state index contributed by atoms with van der Waals surface area (Å²) < 4.78 is 4.27. The largest absolute Gasteiger partial charge is 1.00 e. The zero-order valence-corrected chi connectivity index (χ0v) is 19.5. The van der Waals surface area contributed by atoms with Crippen LogP contribution < -0.4 is 26.4 Å². The average molecular weight is 463 g/mol. The minimum absolute atomic E-state index is 0. The lowest BCUT2D eigenvalue weighted by atomic mass is 10.1. The van der Waals surface area contributed by atoms with Gasteiger partial charge in [0.05, 0.1) is 25.0 Å². The highest BCUT2D eigenvalue weighted by Crippen LogP contribution is 2.29. The van der Waals surface area contributed by atoms with Crippen LogP contribution in [0.15, 0.2) is 47.1 Å². The number of anilines is 1. The molecular formula is C20H27BrN6S. The Hall–Kier alpha value is -2.06. The number of thiazole rings is 1. The first-order chi connectivity index (χ1) is 13.0. The molecule has 0 aliphatic rings. The summed E-state index contributed by atoms with van der Waals surface area (Å²) in [7, 11) is 2.04. The molecule has 0 N–H and O–H groups in total. The molecule has 28 heavy (non-hydrogen) atoms. The molecule has 0 saturated carbocycles. The molecule has 1 aromatic carbocycles. The maximum Gasteiger partial charge on any atom is 0.243 e. The smallest absolute Gasteiger partial charge is 0.243 e. The number of aryl methyl sites for hydroxylation is 4. The van der Waals surface area contributed by atoms with E-state index in [1.807, 2.05) is 20.0 Å². The monoisotopic (exact) mass is 462 g/mol. The first-order valence-electron chi connectivity index (χ1n) is 9.18. The molecule has 0 aliphatic carbocycles. The molecule has 6 nitrogen and oxygen atoms in total. The molecule has 0 unspecified atom stereocenters. The summed E-state index contributed by atoms with van der Waals surface area (Å²) in [6, 6.07) is 6.35. The van der Waals surface area contributed by atoms with Crippen molar-refractivity contribution in [1.29, 1.82) is 0 Å². The van der Waals surface area contributed by atoms with Crippen LogP contribution in [0.5, 0.6) is 0 Å². The second-order valence-corrected chi connectivity index (χ2v) is 7.89. The van der Waals surface area contributed by atoms with Gasteiger partial charge in [0.15, 0.2) is 0 Å². The molecule has 0 fully saturated rings. The summed E-state index contributed by atoms with van der Waals surface area (Å²) in [6.07, 6.45) is 6.26. The standard InChI is InChI=1S/C20H27N6S.BrH/c1-6-26(12-11-25-10-9-24(5)14-25)18-7-8-19(15(2)13-18)22-23-20-21-16(3)17(4)27-20;/h7-10,13-14H,6,11-12H2,1-5H3;1H/q+1;/p-1/b23-22+;. The van der Waals surface area contributed by atoms with E-state index in [4.69, 9.17) is 0 Å². The third-order valence-corrected chi connectivity index (χ3v) is 5.60. The Morgan fingerprint density at radius 2 is 2.00 bits per heavy atom. The Morgan fingerprint density at radius 1 is 1.21 bits per heavy atom. The summed E-state index contributed by atoms with van der Waals surface area (Å²) in [5, 5.41) is 9.42. The van der Waals surface area contributed by atoms with Crippen molar-refractivity contribution in [2.75, 3.05) is 18.0 Å². The van der Waals surface area contributed by atoms with E-state index >= 15 is 0 Å². The summed E-state index contributed by atoms with van der Waals surface area (Å²) in [5.74, 6) is 0. The van der Waals surface area contributed by atoms with Crippen LogP contribution in [0.1, 0.15) is 23.1 Å². The number of benzene rings is 1. The predicted molar refractivity (Wildman–Crippen MR) is 110 cm³/mol. The highest BCUT2D eigenvalue weighted by atomic mass is 79.9. The number of rotatable bonds is 7. The molecule has 0 bridgehead atoms. The lowest BCUT2D eigenvalue weighted by Gasteiger charge is -2.22. The number of azo groups is 1. The van der Waals surface area contributed by atoms with E-state index in [0.717, 1.165) is 36.6 Å². The zero-order chi connectivity index (χ0) is 19.4. The van der Waals surface area contributed by atoms with E-state index in [9.17, 15) is 0 Å². The van der Waals surface area contributed by atoms with Gasteiger partial charge in [0.1, 0.15) is 18.9 Å². The van der Waals surface area contributed by atoms with Crippen LogP contribution in [-0.2, 0) is 13.6 Å². The molecule has 150 valence electrons. The molecule has 0 amide bonds. The molecule has 8 heteroatoms. The Balaban J connectivity index is 0.00000280. The Labute approximate surface area is 181 Å². The van der Waals surface area contributed by atoms with Gasteiger partial charge in [-0.2, -0.15) is 0 Å². The molecule has 3 rings (SSSR count). The summed E-state index contributed by atoms with van der Waals surface area (Å²) in [6.45, 7) is 11.2. The van der Waals surface area contributed by atoms with E-state index in [1.54, 1.807) is 11.3 Å². The van der Waals surface area contributed by atoms with E-state index < -0.39 is 0 Å². The SMILES string of the molecule is CCN(CCn1cc[n+](C)c1)c1ccc(/N=N/c2nc(C)c(C)s2)c(C)c1.[Br-]. The lowest BCUT2D eigenvalue weighted by Crippen LogP contribution is -3.00. The topological polar surface area (TPSA) is 49.7 Å². The fraction of sp³-hybridized carbons (Fsp3) is 0.400. The normalized spacial score (nSPS) is 11.0. The van der Waals surface area contributed by atoms with Crippen molar-refractivity contribution in [3.63, 3.8) is 0 Å². The van der Waals surface area contributed by atoms with Crippen LogP contribution in [0, 0.1) is 20.8 Å². The van der Waals surface area contributed by atoms with Gasteiger partial charge in [-0.3, -0.25) is 0 Å². The third kappa shape index (κ3) is 5.48. The number of hydrogen-bond donors (Lipinski definition) is 0. The number of imidazole rings is 1. The van der Waals surface area contributed by atoms with E-state index in [2.05, 4.69) is 80.9 Å². The van der Waals surface area contributed by atoms with Crippen LogP contribution in [0.3, 0.4) is 0 Å². The summed E-state index contributed by atoms with van der Waals surface area (Å²) >= 11 is 1.57. The molecule has 0 spiro atoms. The highest BCUT2D eigenvalue weighted by molar-refractivity contribution is 7.15. The van der Waals surface area contributed by atoms with Gasteiger partial charge in [-0.15, -0.1) is 10.2 Å². The second kappa shape index (κ2) is 9.93. The molecule has 3 aromatic rings. The molecule has 0 aliphatic heterocycles. The number of nitrogens with zero attached hydrogens (tertiary/aromatic N) is 6. The second-order valence-electron chi connectivity index (χ2n) is 6.71. The van der Waals surface area contributed by atoms with Crippen molar-refractivity contribution in [2.45, 2.75) is 34.2 Å². The van der Waals surface area contributed by atoms with Crippen LogP contribution >= 0.6 is 11.3 Å². The Bertz CT molecular complexity index is 927. The molecule has 2 aromatic heterocycles. The first-order valence-corrected chi connectivity index (χ1v) is 10.00. The first kappa shape index (κ1) is 22.2. The quantitative estimate of drug-likeness (QED) is 0.395. The van der Waals surface area contributed by atoms with Crippen molar-refractivity contribution in [3.8, 4) is 0 Å². The molecule has 0 atom stereocenters. The van der Waals surface area contributed by atoms with Gasteiger partial charge in [0, 0.05) is 17.1 Å². The van der Waals surface area contributed by atoms with Crippen LogP contribution in [0.4, 0.5) is 16.5 Å². The van der Waals surface area contributed by atoms with Gasteiger partial charge in [-0.05, 0) is 51.5 Å². The van der Waals surface area contributed by atoms with Crippen molar-refractivity contribution in [1.82, 2.24) is 9.55 Å². The van der Waals surface area contributed by atoms with Gasteiger partial charge in [0.2, 0.25) is 11.5 Å². The zero-order valence-electron chi connectivity index (χ0n) is 17.1. The Kier molecular flexibility index (Phi) is 7.88. The Morgan fingerprint density at radius 3 is 2.57 bits per heavy atom. The number of hydrogen-bond acceptors (Lipinski definition) is 5. The fourth-order valence-corrected chi connectivity index (χ4v) is 3.62. The summed E-state index contributed by atoms with van der Waals surface area (Å²) in [4.78, 5) is 7.98. The third-order valence-electron chi connectivity index (χ3n) is 4.64. The van der Waals surface area contributed by atoms with Gasteiger partial charge < -0.3 is 21.9 Å². The lowest BCUT2D eigenvalue weighted by molar-refractivity contribution is -0.671. The van der Waals surface area contributed by atoms with Gasteiger partial charge in [-0.25, -0.2) is 14.1 Å². The van der Waals surface area contributed by atoms with Crippen molar-refractivity contribution < 1.29 is 21.5 Å². The predicted octanol–water partition coefficient (Wildman–Crippen LogP) is 1.64. The van der Waals surface area contributed by atoms with Gasteiger partial charge in [0.25, 0.3) is 0 Å². The summed E-state index contributed by atoms with van der Waals surface area (Å²) in [5.41, 5.74) is 4.24. The average Bonchev–Trinajstić information content (AvgIpc) is 3.20. The van der Waals surface area contributed by atoms with Crippen molar-refractivity contribution >= 4 is 27.8 Å². The van der Waals surface area contributed by atoms with Gasteiger partial charge in [-0.1, -0.05) is 11.3 Å². The minimum Gasteiger partial charge on any atom is -1.00 e. The van der Waals surface area contributed by atoms with E-state index in [1.165, 1.54) is 10.6 Å². The highest BCUT2D eigenvalue weighted by Gasteiger charge is 2.09. The molecule has 0 saturated heterocycles. The molecule has 0 radical (unpaired) electrons. The van der Waals surface area contributed by atoms with Crippen molar-refractivity contribution in [3.05, 3.63) is 53.1 Å². The van der Waals surface area contributed by atoms with Gasteiger partial charge >= 0.3 is 0 Å². The number of halogens is 1. The minimum atomic E-state index is 0. The van der Waals surface area contributed by atoms with E-state index in [0.29, 0.717) is 5.13 Å². The number of likely N-dealkylation sites (N-methyl/N-ethyl adjacent to an activating group) is 1. The van der Waals surface area contributed by atoms with Crippen LogP contribution in [-0.4, -0.2) is 22.6 Å². The van der Waals surface area contributed by atoms with Crippen LogP contribution in [0.2, 0.25) is 0 Å².